The van der Waals surface area contributed by atoms with Gasteiger partial charge in [-0.05, 0) is 37.8 Å². The fourth-order valence-corrected chi connectivity index (χ4v) is 5.12. The van der Waals surface area contributed by atoms with E-state index in [2.05, 4.69) is 60.9 Å². The van der Waals surface area contributed by atoms with Gasteiger partial charge in [0.05, 0.1) is 27.2 Å². The summed E-state index contributed by atoms with van der Waals surface area (Å²) in [6, 6.07) is 1.50. The number of hydrogen-bond donors (Lipinski definition) is 0. The molecule has 0 radical (unpaired) electrons. The smallest absolute Gasteiger partial charge is 0.108 e. The van der Waals surface area contributed by atoms with E-state index in [1.54, 1.807) is 0 Å². The van der Waals surface area contributed by atoms with Crippen molar-refractivity contribution < 1.29 is 4.48 Å². The molecule has 17 heavy (non-hydrogen) atoms. The summed E-state index contributed by atoms with van der Waals surface area (Å²) in [5.74, 6) is 0.875. The zero-order chi connectivity index (χ0) is 13.2. The average molecular weight is 239 g/mol. The first-order valence-electron chi connectivity index (χ1n) is 7.01. The summed E-state index contributed by atoms with van der Waals surface area (Å²) in [6.07, 6.45) is 2.83. The van der Waals surface area contributed by atoms with Crippen molar-refractivity contribution in [1.82, 2.24) is 4.90 Å². The number of fused-ring (bicyclic) bond motifs is 2. The molecule has 2 aliphatic carbocycles. The van der Waals surface area contributed by atoms with Crippen LogP contribution in [0.4, 0.5) is 0 Å². The van der Waals surface area contributed by atoms with Crippen LogP contribution in [0.3, 0.4) is 0 Å². The number of likely N-dealkylation sites (N-methyl/N-ethyl adjacent to an activating group) is 2. The first-order valence-corrected chi connectivity index (χ1v) is 7.01. The predicted octanol–water partition coefficient (Wildman–Crippen LogP) is 2.45. The van der Waals surface area contributed by atoms with E-state index >= 15 is 0 Å². The highest BCUT2D eigenvalue weighted by Crippen LogP contribution is 2.67. The molecule has 0 aromatic carbocycles. The van der Waals surface area contributed by atoms with Crippen molar-refractivity contribution in [3.63, 3.8) is 0 Å². The van der Waals surface area contributed by atoms with E-state index in [0.717, 1.165) is 22.5 Å². The van der Waals surface area contributed by atoms with Gasteiger partial charge >= 0.3 is 0 Å². The Morgan fingerprint density at radius 3 is 1.94 bits per heavy atom. The highest BCUT2D eigenvalue weighted by molar-refractivity contribution is 5.17. The van der Waals surface area contributed by atoms with Crippen LogP contribution >= 0.6 is 0 Å². The number of nitrogens with zero attached hydrogens (tertiary/aromatic N) is 2. The lowest BCUT2D eigenvalue weighted by Crippen LogP contribution is -2.60. The van der Waals surface area contributed by atoms with Gasteiger partial charge in [0.25, 0.3) is 0 Å². The summed E-state index contributed by atoms with van der Waals surface area (Å²) in [4.78, 5) is 2.50. The Balaban J connectivity index is 2.49. The molecule has 0 saturated heterocycles. The van der Waals surface area contributed by atoms with E-state index < -0.39 is 0 Å². The third kappa shape index (κ3) is 1.53. The van der Waals surface area contributed by atoms with Crippen LogP contribution in [0.5, 0.6) is 0 Å². The fourth-order valence-electron chi connectivity index (χ4n) is 5.12. The van der Waals surface area contributed by atoms with Crippen LogP contribution in [-0.4, -0.2) is 56.7 Å². The van der Waals surface area contributed by atoms with E-state index in [0.29, 0.717) is 10.8 Å². The van der Waals surface area contributed by atoms with E-state index in [-0.39, 0.29) is 0 Å². The molecule has 4 atom stereocenters. The Kier molecular flexibility index (Phi) is 2.73. The molecule has 0 heterocycles. The molecule has 100 valence electrons. The third-order valence-electron chi connectivity index (χ3n) is 6.21. The standard InChI is InChI=1S/C15H31N2/c1-14(2)11-9-10-15(14,3)13(16(4)5)12(11)17(6,7)8/h11-13H,9-10H2,1-8H3/q+1/t11-,12-,13+,15-/m1/s1. The molecule has 0 aliphatic heterocycles. The highest BCUT2D eigenvalue weighted by atomic mass is 15.4. The molecule has 0 aromatic rings. The molecule has 2 aliphatic rings. The fraction of sp³-hybridized carbons (Fsp3) is 1.00. The zero-order valence-electron chi connectivity index (χ0n) is 13.0. The molecule has 0 aromatic heterocycles. The average Bonchev–Trinajstić information content (AvgIpc) is 2.44. The maximum Gasteiger partial charge on any atom is 0.108 e. The Morgan fingerprint density at radius 1 is 1.06 bits per heavy atom. The van der Waals surface area contributed by atoms with Crippen molar-refractivity contribution in [2.24, 2.45) is 16.7 Å². The second kappa shape index (κ2) is 3.48. The molecular formula is C15H31N2+. The van der Waals surface area contributed by atoms with Crippen molar-refractivity contribution in [3.05, 3.63) is 0 Å². The molecule has 2 heteroatoms. The minimum Gasteiger partial charge on any atom is -0.327 e. The Labute approximate surface area is 108 Å². The lowest BCUT2D eigenvalue weighted by atomic mass is 9.69. The first-order chi connectivity index (χ1) is 7.53. The van der Waals surface area contributed by atoms with Crippen LogP contribution in [0.25, 0.3) is 0 Å². The first kappa shape index (κ1) is 13.4. The lowest BCUT2D eigenvalue weighted by Gasteiger charge is -2.47. The highest BCUT2D eigenvalue weighted by Gasteiger charge is 2.70. The molecule has 0 N–H and O–H groups in total. The molecule has 2 fully saturated rings. The van der Waals surface area contributed by atoms with Gasteiger partial charge in [0.1, 0.15) is 6.04 Å². The van der Waals surface area contributed by atoms with E-state index in [4.69, 9.17) is 0 Å². The normalized spacial score (nSPS) is 44.6. The second-order valence-corrected chi connectivity index (χ2v) is 8.30. The molecule has 2 bridgehead atoms. The van der Waals surface area contributed by atoms with Crippen molar-refractivity contribution in [2.75, 3.05) is 35.2 Å². The summed E-state index contributed by atoms with van der Waals surface area (Å²) in [5, 5.41) is 0. The minimum atomic E-state index is 0.483. The Morgan fingerprint density at radius 2 is 1.59 bits per heavy atom. The molecule has 0 amide bonds. The van der Waals surface area contributed by atoms with Crippen molar-refractivity contribution in [1.29, 1.82) is 0 Å². The van der Waals surface area contributed by atoms with Crippen molar-refractivity contribution in [2.45, 2.75) is 45.7 Å². The SMILES string of the molecule is CN(C)[C@H]1[C@H]([N+](C)(C)C)[C@H]2CC[C@@]1(C)C2(C)C. The van der Waals surface area contributed by atoms with Crippen molar-refractivity contribution >= 4 is 0 Å². The van der Waals surface area contributed by atoms with E-state index in [9.17, 15) is 0 Å². The van der Waals surface area contributed by atoms with Gasteiger partial charge in [-0.25, -0.2) is 0 Å². The van der Waals surface area contributed by atoms with Crippen LogP contribution in [0, 0.1) is 16.7 Å². The van der Waals surface area contributed by atoms with Crippen LogP contribution in [0.1, 0.15) is 33.6 Å². The topological polar surface area (TPSA) is 3.24 Å². The summed E-state index contributed by atoms with van der Waals surface area (Å²) in [6.45, 7) is 7.56. The van der Waals surface area contributed by atoms with Gasteiger partial charge in [0.2, 0.25) is 0 Å². The Bertz CT molecular complexity index is 313. The zero-order valence-corrected chi connectivity index (χ0v) is 13.0. The molecule has 2 nitrogen and oxygen atoms in total. The van der Waals surface area contributed by atoms with Gasteiger partial charge in [-0.3, -0.25) is 0 Å². The summed E-state index contributed by atoms with van der Waals surface area (Å²) >= 11 is 0. The molecule has 2 saturated carbocycles. The van der Waals surface area contributed by atoms with Gasteiger partial charge in [0.15, 0.2) is 0 Å². The van der Waals surface area contributed by atoms with Crippen LogP contribution in [-0.2, 0) is 0 Å². The Hall–Kier alpha value is -0.0800. The van der Waals surface area contributed by atoms with Gasteiger partial charge in [-0.2, -0.15) is 0 Å². The van der Waals surface area contributed by atoms with Crippen LogP contribution < -0.4 is 0 Å². The molecule has 0 unspecified atom stereocenters. The summed E-state index contributed by atoms with van der Waals surface area (Å²) in [7, 11) is 11.7. The number of hydrogen-bond acceptors (Lipinski definition) is 1. The second-order valence-electron chi connectivity index (χ2n) is 8.30. The van der Waals surface area contributed by atoms with E-state index in [1.165, 1.54) is 12.8 Å². The molecule has 2 rings (SSSR count). The quantitative estimate of drug-likeness (QED) is 0.669. The van der Waals surface area contributed by atoms with Crippen molar-refractivity contribution in [3.8, 4) is 0 Å². The monoisotopic (exact) mass is 239 g/mol. The maximum atomic E-state index is 2.54. The van der Waals surface area contributed by atoms with E-state index in [1.807, 2.05) is 0 Å². The number of quaternary nitrogens is 1. The van der Waals surface area contributed by atoms with Gasteiger partial charge < -0.3 is 9.38 Å². The van der Waals surface area contributed by atoms with Gasteiger partial charge in [-0.15, -0.1) is 0 Å². The molecular weight excluding hydrogens is 208 g/mol. The predicted molar refractivity (Wildman–Crippen MR) is 73.9 cm³/mol. The number of rotatable bonds is 2. The lowest BCUT2D eigenvalue weighted by molar-refractivity contribution is -0.902. The van der Waals surface area contributed by atoms with Gasteiger partial charge in [-0.1, -0.05) is 20.8 Å². The van der Waals surface area contributed by atoms with Gasteiger partial charge in [0, 0.05) is 5.92 Å². The van der Waals surface area contributed by atoms with Crippen LogP contribution in [0.2, 0.25) is 0 Å². The summed E-state index contributed by atoms with van der Waals surface area (Å²) < 4.78 is 1.10. The molecule has 0 spiro atoms. The maximum absolute atomic E-state index is 2.54. The largest absolute Gasteiger partial charge is 0.327 e. The minimum absolute atomic E-state index is 0.483. The third-order valence-corrected chi connectivity index (χ3v) is 6.21. The van der Waals surface area contributed by atoms with Crippen LogP contribution in [0.15, 0.2) is 0 Å². The summed E-state index contributed by atoms with van der Waals surface area (Å²) in [5.41, 5.74) is 0.968.